The van der Waals surface area contributed by atoms with Crippen LogP contribution < -0.4 is 20.4 Å². The van der Waals surface area contributed by atoms with E-state index in [0.29, 0.717) is 13.1 Å². The molecule has 2 aliphatic rings. The molecule has 2 atom stereocenters. The maximum absolute atomic E-state index is 11.5. The zero-order valence-corrected chi connectivity index (χ0v) is 36.0. The standard InChI is InChI=1S/2C21H28N2O3S.Ca/c2*1-2-3-4-5-9-12-21-22-19-14-13-18(27(24,25)26)15-20(19)23(21)16-17-10-7-6-8-11-17;/h2*6-8,10-11,13-15,21-22H,2-5,9,12,16H2,1H3,(H,24,25,26);/q;;+2/p-2. The van der Waals surface area contributed by atoms with Crippen LogP contribution in [0.25, 0.3) is 0 Å². The Bertz CT molecular complexity index is 1860. The van der Waals surface area contributed by atoms with E-state index in [9.17, 15) is 25.9 Å². The van der Waals surface area contributed by atoms with Gasteiger partial charge in [0.25, 0.3) is 0 Å². The van der Waals surface area contributed by atoms with Crippen molar-refractivity contribution in [1.82, 2.24) is 0 Å². The summed E-state index contributed by atoms with van der Waals surface area (Å²) >= 11 is 0. The van der Waals surface area contributed by atoms with Crippen LogP contribution in [-0.2, 0) is 33.3 Å². The fourth-order valence-electron chi connectivity index (χ4n) is 7.19. The Hall–Kier alpha value is -2.84. The van der Waals surface area contributed by atoms with Crippen LogP contribution in [0, 0.1) is 0 Å². The van der Waals surface area contributed by atoms with E-state index in [1.54, 1.807) is 12.1 Å². The fraction of sp³-hybridized carbons (Fsp3) is 0.429. The van der Waals surface area contributed by atoms with Gasteiger partial charge in [0.2, 0.25) is 0 Å². The molecule has 0 radical (unpaired) electrons. The van der Waals surface area contributed by atoms with Gasteiger partial charge < -0.3 is 29.5 Å². The Balaban J connectivity index is 0.000000240. The predicted octanol–water partition coefficient (Wildman–Crippen LogP) is 9.04. The molecular weight excluding hydrogens is 761 g/mol. The Morgan fingerprint density at radius 2 is 0.891 bits per heavy atom. The van der Waals surface area contributed by atoms with Crippen molar-refractivity contribution in [2.45, 2.75) is 126 Å². The Kier molecular flexibility index (Phi) is 17.6. The molecule has 0 aliphatic carbocycles. The first-order valence-corrected chi connectivity index (χ1v) is 22.1. The van der Waals surface area contributed by atoms with Crippen LogP contribution in [0.2, 0.25) is 0 Å². The molecule has 6 rings (SSSR count). The first-order chi connectivity index (χ1) is 26.0. The summed E-state index contributed by atoms with van der Waals surface area (Å²) in [5.41, 5.74) is 5.65. The molecule has 10 nitrogen and oxygen atoms in total. The third-order valence-electron chi connectivity index (χ3n) is 10.1. The molecule has 2 N–H and O–H groups in total. The summed E-state index contributed by atoms with van der Waals surface area (Å²) in [7, 11) is -8.94. The van der Waals surface area contributed by atoms with E-state index in [-0.39, 0.29) is 59.9 Å². The van der Waals surface area contributed by atoms with Gasteiger partial charge in [-0.15, -0.1) is 0 Å². The second-order valence-electron chi connectivity index (χ2n) is 14.2. The van der Waals surface area contributed by atoms with Crippen molar-refractivity contribution in [3.05, 3.63) is 108 Å². The molecule has 2 aliphatic heterocycles. The van der Waals surface area contributed by atoms with Gasteiger partial charge in [-0.25, -0.2) is 16.8 Å². The fourth-order valence-corrected chi connectivity index (χ4v) is 8.17. The molecule has 0 saturated carbocycles. The van der Waals surface area contributed by atoms with Gasteiger partial charge in [0.15, 0.2) is 0 Å². The van der Waals surface area contributed by atoms with Gasteiger partial charge in [-0.2, -0.15) is 0 Å². The number of hydrogen-bond donors (Lipinski definition) is 2. The van der Waals surface area contributed by atoms with E-state index in [4.69, 9.17) is 0 Å². The van der Waals surface area contributed by atoms with Crippen molar-refractivity contribution in [1.29, 1.82) is 0 Å². The summed E-state index contributed by atoms with van der Waals surface area (Å²) in [6.45, 7) is 5.75. The second-order valence-corrected chi connectivity index (χ2v) is 17.0. The van der Waals surface area contributed by atoms with Gasteiger partial charge in [0.1, 0.15) is 20.2 Å². The van der Waals surface area contributed by atoms with Crippen molar-refractivity contribution in [3.8, 4) is 0 Å². The number of nitrogens with one attached hydrogen (secondary N) is 2. The monoisotopic (exact) mass is 814 g/mol. The van der Waals surface area contributed by atoms with Gasteiger partial charge in [0, 0.05) is 13.1 Å². The van der Waals surface area contributed by atoms with E-state index in [1.807, 2.05) is 36.4 Å². The molecule has 4 aromatic carbocycles. The Labute approximate surface area is 358 Å². The van der Waals surface area contributed by atoms with Gasteiger partial charge in [-0.05, 0) is 73.2 Å². The third kappa shape index (κ3) is 13.1. The van der Waals surface area contributed by atoms with Crippen LogP contribution in [-0.4, -0.2) is 76.0 Å². The topological polar surface area (TPSA) is 145 Å². The molecular formula is C42H54CaN4O6S2. The number of hydrogen-bond acceptors (Lipinski definition) is 10. The Morgan fingerprint density at radius 3 is 1.24 bits per heavy atom. The van der Waals surface area contributed by atoms with Crippen molar-refractivity contribution < 1.29 is 25.9 Å². The molecule has 0 saturated heterocycles. The average molecular weight is 815 g/mol. The zero-order chi connectivity index (χ0) is 38.6. The molecule has 292 valence electrons. The number of fused-ring (bicyclic) bond motifs is 2. The van der Waals surface area contributed by atoms with Gasteiger partial charge >= 0.3 is 37.7 Å². The minimum Gasteiger partial charge on any atom is -0.744 e. The summed E-state index contributed by atoms with van der Waals surface area (Å²) < 4.78 is 68.7. The van der Waals surface area contributed by atoms with Crippen molar-refractivity contribution >= 4 is 80.7 Å². The number of benzene rings is 4. The minimum absolute atomic E-state index is 0. The molecule has 2 unspecified atom stereocenters. The maximum atomic E-state index is 11.5. The zero-order valence-electron chi connectivity index (χ0n) is 32.2. The van der Waals surface area contributed by atoms with Crippen molar-refractivity contribution in [2.75, 3.05) is 20.4 Å². The maximum Gasteiger partial charge on any atom is 2.00 e. The Morgan fingerprint density at radius 1 is 0.527 bits per heavy atom. The number of rotatable bonds is 18. The molecule has 55 heavy (non-hydrogen) atoms. The van der Waals surface area contributed by atoms with Crippen LogP contribution in [0.15, 0.2) is 107 Å². The molecule has 0 spiro atoms. The third-order valence-corrected chi connectivity index (χ3v) is 11.7. The van der Waals surface area contributed by atoms with E-state index >= 15 is 0 Å². The summed E-state index contributed by atoms with van der Waals surface area (Å²) in [6.07, 6.45) is 14.2. The normalized spacial score (nSPS) is 15.9. The number of nitrogens with zero attached hydrogens (tertiary/aromatic N) is 2. The second kappa shape index (κ2) is 21.6. The van der Waals surface area contributed by atoms with Crippen LogP contribution in [0.1, 0.15) is 102 Å². The average Bonchev–Trinajstić information content (AvgIpc) is 3.68. The van der Waals surface area contributed by atoms with E-state index in [0.717, 1.165) is 59.6 Å². The largest absolute Gasteiger partial charge is 2.00 e. The molecule has 13 heteroatoms. The van der Waals surface area contributed by atoms with Crippen LogP contribution in [0.3, 0.4) is 0 Å². The first kappa shape index (κ1) is 44.9. The van der Waals surface area contributed by atoms with Gasteiger partial charge in [-0.3, -0.25) is 0 Å². The summed E-state index contributed by atoms with van der Waals surface area (Å²) in [5.74, 6) is 0. The molecule has 0 amide bonds. The van der Waals surface area contributed by atoms with Crippen molar-refractivity contribution in [2.24, 2.45) is 0 Å². The van der Waals surface area contributed by atoms with Gasteiger partial charge in [-0.1, -0.05) is 126 Å². The molecule has 4 aromatic rings. The SMILES string of the molecule is CCCCCCCC1Nc2ccc(S(=O)(=O)[O-])cc2N1Cc1ccccc1.CCCCCCCC1Nc2ccc(S(=O)(=O)[O-])cc2N1Cc1ccccc1.[Ca+2]. The number of anilines is 4. The molecule has 0 aromatic heterocycles. The van der Waals surface area contributed by atoms with E-state index in [1.165, 1.54) is 75.6 Å². The minimum atomic E-state index is -4.47. The van der Waals surface area contributed by atoms with Crippen molar-refractivity contribution in [3.63, 3.8) is 0 Å². The van der Waals surface area contributed by atoms with Crippen LogP contribution in [0.4, 0.5) is 22.7 Å². The van der Waals surface area contributed by atoms with Gasteiger partial charge in [0.05, 0.1) is 44.9 Å². The number of unbranched alkanes of at least 4 members (excludes halogenated alkanes) is 8. The molecule has 0 bridgehead atoms. The summed E-state index contributed by atoms with van der Waals surface area (Å²) in [6, 6.07) is 29.4. The summed E-state index contributed by atoms with van der Waals surface area (Å²) in [4.78, 5) is 4.01. The van der Waals surface area contributed by atoms with E-state index in [2.05, 4.69) is 58.5 Å². The quantitative estimate of drug-likeness (QED) is 0.0567. The predicted molar refractivity (Wildman–Crippen MR) is 221 cm³/mol. The molecule has 2 heterocycles. The smallest absolute Gasteiger partial charge is 0.744 e. The summed E-state index contributed by atoms with van der Waals surface area (Å²) in [5, 5.41) is 7.01. The first-order valence-electron chi connectivity index (χ1n) is 19.3. The van der Waals surface area contributed by atoms with E-state index < -0.39 is 20.2 Å². The molecule has 0 fully saturated rings. The van der Waals surface area contributed by atoms with Crippen LogP contribution >= 0.6 is 0 Å². The van der Waals surface area contributed by atoms with Crippen LogP contribution in [0.5, 0.6) is 0 Å².